The van der Waals surface area contributed by atoms with Gasteiger partial charge < -0.3 is 9.80 Å². The van der Waals surface area contributed by atoms with Crippen LogP contribution in [0.5, 0.6) is 0 Å². The van der Waals surface area contributed by atoms with Gasteiger partial charge in [-0.3, -0.25) is 4.79 Å². The van der Waals surface area contributed by atoms with Crippen LogP contribution < -0.4 is 0 Å². The molecule has 0 aliphatic carbocycles. The molecule has 1 aromatic rings. The van der Waals surface area contributed by atoms with Gasteiger partial charge in [-0.25, -0.2) is 0 Å². The minimum Gasteiger partial charge on any atom is -0.342 e. The Hall–Kier alpha value is -1.35. The SMILES string of the molecule is O=C([C@H]1CCCN(CCCc2ccccc2)C1)N1CCCCCC1. The summed E-state index contributed by atoms with van der Waals surface area (Å²) in [6.07, 6.45) is 9.56. The van der Waals surface area contributed by atoms with E-state index in [9.17, 15) is 4.79 Å². The molecule has 1 atom stereocenters. The number of rotatable bonds is 5. The number of benzene rings is 1. The molecule has 132 valence electrons. The zero-order valence-corrected chi connectivity index (χ0v) is 15.0. The Bertz CT molecular complexity index is 494. The van der Waals surface area contributed by atoms with Gasteiger partial charge in [-0.15, -0.1) is 0 Å². The van der Waals surface area contributed by atoms with Crippen molar-refractivity contribution in [1.82, 2.24) is 9.80 Å². The van der Waals surface area contributed by atoms with Gasteiger partial charge in [0.2, 0.25) is 5.91 Å². The van der Waals surface area contributed by atoms with E-state index in [4.69, 9.17) is 0 Å². The number of aryl methyl sites for hydroxylation is 1. The Labute approximate surface area is 147 Å². The third-order valence-corrected chi connectivity index (χ3v) is 5.56. The Balaban J connectivity index is 1.44. The van der Waals surface area contributed by atoms with E-state index in [-0.39, 0.29) is 5.92 Å². The Morgan fingerprint density at radius 1 is 0.958 bits per heavy atom. The van der Waals surface area contributed by atoms with Crippen molar-refractivity contribution >= 4 is 5.91 Å². The standard InChI is InChI=1S/C21H32N2O/c24-21(23-16-6-1-2-7-17-23)20-13-9-15-22(18-20)14-8-12-19-10-4-3-5-11-19/h3-5,10-11,20H,1-2,6-9,12-18H2/t20-/m0/s1. The Kier molecular flexibility index (Phi) is 6.71. The van der Waals surface area contributed by atoms with Gasteiger partial charge in [-0.2, -0.15) is 0 Å². The predicted molar refractivity (Wildman–Crippen MR) is 99.0 cm³/mol. The number of amides is 1. The second kappa shape index (κ2) is 9.22. The lowest BCUT2D eigenvalue weighted by Gasteiger charge is -2.34. The molecule has 2 saturated heterocycles. The monoisotopic (exact) mass is 328 g/mol. The Morgan fingerprint density at radius 3 is 2.46 bits per heavy atom. The molecular formula is C21H32N2O. The molecule has 0 radical (unpaired) electrons. The number of nitrogens with zero attached hydrogens (tertiary/aromatic N) is 2. The van der Waals surface area contributed by atoms with Gasteiger partial charge in [0.1, 0.15) is 0 Å². The van der Waals surface area contributed by atoms with Crippen molar-refractivity contribution in [2.24, 2.45) is 5.92 Å². The van der Waals surface area contributed by atoms with Gasteiger partial charge in [0.15, 0.2) is 0 Å². The van der Waals surface area contributed by atoms with E-state index >= 15 is 0 Å². The number of carbonyl (C=O) groups excluding carboxylic acids is 1. The lowest BCUT2D eigenvalue weighted by atomic mass is 9.96. The normalized spacial score (nSPS) is 23.0. The van der Waals surface area contributed by atoms with Crippen molar-refractivity contribution in [2.75, 3.05) is 32.7 Å². The molecule has 2 heterocycles. The number of hydrogen-bond acceptors (Lipinski definition) is 2. The van der Waals surface area contributed by atoms with Crippen LogP contribution in [-0.4, -0.2) is 48.4 Å². The highest BCUT2D eigenvalue weighted by molar-refractivity contribution is 5.79. The van der Waals surface area contributed by atoms with Crippen LogP contribution in [0.15, 0.2) is 30.3 Å². The van der Waals surface area contributed by atoms with Gasteiger partial charge in [-0.1, -0.05) is 43.2 Å². The molecule has 2 aliphatic heterocycles. The van der Waals surface area contributed by atoms with Crippen molar-refractivity contribution in [3.8, 4) is 0 Å². The van der Waals surface area contributed by atoms with Crippen LogP contribution in [0.3, 0.4) is 0 Å². The van der Waals surface area contributed by atoms with Crippen LogP contribution in [0, 0.1) is 5.92 Å². The number of piperidine rings is 1. The molecular weight excluding hydrogens is 296 g/mol. The summed E-state index contributed by atoms with van der Waals surface area (Å²) in [5, 5.41) is 0. The first-order valence-corrected chi connectivity index (χ1v) is 9.88. The van der Waals surface area contributed by atoms with Crippen molar-refractivity contribution in [1.29, 1.82) is 0 Å². The van der Waals surface area contributed by atoms with Crippen LogP contribution in [0.25, 0.3) is 0 Å². The van der Waals surface area contributed by atoms with Crippen molar-refractivity contribution in [3.05, 3.63) is 35.9 Å². The zero-order valence-electron chi connectivity index (χ0n) is 15.0. The van der Waals surface area contributed by atoms with Crippen LogP contribution >= 0.6 is 0 Å². The number of hydrogen-bond donors (Lipinski definition) is 0. The smallest absolute Gasteiger partial charge is 0.226 e. The summed E-state index contributed by atoms with van der Waals surface area (Å²) in [6, 6.07) is 10.7. The van der Waals surface area contributed by atoms with Crippen LogP contribution in [0.1, 0.15) is 50.5 Å². The molecule has 0 bridgehead atoms. The summed E-state index contributed by atoms with van der Waals surface area (Å²) in [5.74, 6) is 0.679. The first-order valence-electron chi connectivity index (χ1n) is 9.88. The fourth-order valence-corrected chi connectivity index (χ4v) is 4.16. The third-order valence-electron chi connectivity index (χ3n) is 5.56. The lowest BCUT2D eigenvalue weighted by molar-refractivity contribution is -0.137. The van der Waals surface area contributed by atoms with Crippen molar-refractivity contribution in [2.45, 2.75) is 51.4 Å². The van der Waals surface area contributed by atoms with Crippen LogP contribution in [0.4, 0.5) is 0 Å². The summed E-state index contributed by atoms with van der Waals surface area (Å²) < 4.78 is 0. The van der Waals surface area contributed by atoms with E-state index in [1.54, 1.807) is 0 Å². The zero-order chi connectivity index (χ0) is 16.6. The quantitative estimate of drug-likeness (QED) is 0.822. The summed E-state index contributed by atoms with van der Waals surface area (Å²) in [4.78, 5) is 17.5. The van der Waals surface area contributed by atoms with Gasteiger partial charge in [-0.05, 0) is 57.2 Å². The summed E-state index contributed by atoms with van der Waals surface area (Å²) in [7, 11) is 0. The third kappa shape index (κ3) is 5.07. The molecule has 2 fully saturated rings. The van der Waals surface area contributed by atoms with Crippen molar-refractivity contribution in [3.63, 3.8) is 0 Å². The maximum absolute atomic E-state index is 12.8. The number of carbonyl (C=O) groups is 1. The summed E-state index contributed by atoms with van der Waals surface area (Å²) >= 11 is 0. The molecule has 1 aromatic carbocycles. The fraction of sp³-hybridized carbons (Fsp3) is 0.667. The topological polar surface area (TPSA) is 23.6 Å². The van der Waals surface area contributed by atoms with E-state index in [0.717, 1.165) is 39.0 Å². The highest BCUT2D eigenvalue weighted by Gasteiger charge is 2.29. The Morgan fingerprint density at radius 2 is 1.71 bits per heavy atom. The second-order valence-electron chi connectivity index (χ2n) is 7.47. The molecule has 24 heavy (non-hydrogen) atoms. The van der Waals surface area contributed by atoms with Gasteiger partial charge in [0.05, 0.1) is 5.92 Å². The van der Waals surface area contributed by atoms with E-state index in [1.807, 2.05) is 0 Å². The maximum atomic E-state index is 12.8. The first kappa shape index (κ1) is 17.5. The largest absolute Gasteiger partial charge is 0.342 e. The highest BCUT2D eigenvalue weighted by Crippen LogP contribution is 2.21. The average molecular weight is 329 g/mol. The van der Waals surface area contributed by atoms with Crippen molar-refractivity contribution < 1.29 is 4.79 Å². The maximum Gasteiger partial charge on any atom is 0.226 e. The molecule has 2 aliphatic rings. The van der Waals surface area contributed by atoms with Gasteiger partial charge >= 0.3 is 0 Å². The highest BCUT2D eigenvalue weighted by atomic mass is 16.2. The van der Waals surface area contributed by atoms with E-state index in [0.29, 0.717) is 5.91 Å². The summed E-state index contributed by atoms with van der Waals surface area (Å²) in [5.41, 5.74) is 1.42. The second-order valence-corrected chi connectivity index (χ2v) is 7.47. The molecule has 3 rings (SSSR count). The fourth-order valence-electron chi connectivity index (χ4n) is 4.16. The molecule has 0 unspecified atom stereocenters. The molecule has 0 saturated carbocycles. The van der Waals surface area contributed by atoms with E-state index < -0.39 is 0 Å². The average Bonchev–Trinajstić information content (AvgIpc) is 2.92. The van der Waals surface area contributed by atoms with Crippen LogP contribution in [-0.2, 0) is 11.2 Å². The minimum absolute atomic E-state index is 0.244. The molecule has 1 amide bonds. The van der Waals surface area contributed by atoms with Gasteiger partial charge in [0.25, 0.3) is 0 Å². The first-order chi connectivity index (χ1) is 11.8. The molecule has 0 N–H and O–H groups in total. The molecule has 3 heteroatoms. The molecule has 3 nitrogen and oxygen atoms in total. The summed E-state index contributed by atoms with van der Waals surface area (Å²) in [6.45, 7) is 5.24. The minimum atomic E-state index is 0.244. The molecule has 0 spiro atoms. The lowest BCUT2D eigenvalue weighted by Crippen LogP contribution is -2.45. The van der Waals surface area contributed by atoms with E-state index in [1.165, 1.54) is 50.6 Å². The van der Waals surface area contributed by atoms with Gasteiger partial charge in [0, 0.05) is 19.6 Å². The molecule has 0 aromatic heterocycles. The van der Waals surface area contributed by atoms with E-state index in [2.05, 4.69) is 40.1 Å². The predicted octanol–water partition coefficient (Wildman–Crippen LogP) is 3.73. The van der Waals surface area contributed by atoms with Crippen LogP contribution in [0.2, 0.25) is 0 Å². The number of likely N-dealkylation sites (tertiary alicyclic amines) is 2.